The summed E-state index contributed by atoms with van der Waals surface area (Å²) in [4.78, 5) is 4.17. The lowest BCUT2D eigenvalue weighted by molar-refractivity contribution is -0.671. The summed E-state index contributed by atoms with van der Waals surface area (Å²) in [5, 5.41) is 0.497. The molecule has 0 aliphatic carbocycles. The molecule has 15 heavy (non-hydrogen) atoms. The van der Waals surface area contributed by atoms with E-state index in [2.05, 4.69) is 4.98 Å². The van der Waals surface area contributed by atoms with Gasteiger partial charge < -0.3 is 29.7 Å². The predicted molar refractivity (Wildman–Crippen MR) is 58.1 cm³/mol. The van der Waals surface area contributed by atoms with Gasteiger partial charge in [0.2, 0.25) is 0 Å². The molecular weight excluding hydrogens is 345 g/mol. The Kier molecular flexibility index (Phi) is 4.30. The second kappa shape index (κ2) is 5.09. The molecule has 0 radical (unpaired) electrons. The van der Waals surface area contributed by atoms with Crippen LogP contribution in [0.1, 0.15) is 0 Å². The van der Waals surface area contributed by atoms with Crippen LogP contribution < -0.4 is 34.3 Å². The number of aryl methyl sites for hydroxylation is 1. The second-order valence-electron chi connectivity index (χ2n) is 2.93. The van der Waals surface area contributed by atoms with Gasteiger partial charge in [0.15, 0.2) is 17.5 Å². The number of anilines is 1. The highest BCUT2D eigenvalue weighted by atomic mass is 127. The molecule has 2 heterocycles. The van der Waals surface area contributed by atoms with Crippen LogP contribution in [0.2, 0.25) is 4.34 Å². The quantitative estimate of drug-likeness (QED) is 0.521. The Labute approximate surface area is 114 Å². The monoisotopic (exact) mass is 353 g/mol. The Morgan fingerprint density at radius 1 is 1.53 bits per heavy atom. The minimum Gasteiger partial charge on any atom is -1.00 e. The first kappa shape index (κ1) is 12.7. The van der Waals surface area contributed by atoms with Crippen molar-refractivity contribution in [2.24, 2.45) is 7.05 Å². The van der Waals surface area contributed by atoms with Crippen LogP contribution in [-0.2, 0) is 7.05 Å². The topological polar surface area (TPSA) is 42.8 Å². The Morgan fingerprint density at radius 3 is 2.80 bits per heavy atom. The fourth-order valence-corrected chi connectivity index (χ4v) is 2.19. The van der Waals surface area contributed by atoms with Crippen molar-refractivity contribution in [2.45, 2.75) is 0 Å². The van der Waals surface area contributed by atoms with Crippen molar-refractivity contribution < 1.29 is 28.5 Å². The van der Waals surface area contributed by atoms with Crippen molar-refractivity contribution in [1.29, 1.82) is 0 Å². The van der Waals surface area contributed by atoms with Crippen molar-refractivity contribution >= 4 is 28.1 Å². The largest absolute Gasteiger partial charge is 1.00 e. The molecule has 0 saturated heterocycles. The number of nitrogens with two attached hydrogens (primary N) is 1. The SMILES string of the molecule is C[n+]1cccc(-c2nc(N)sc2Cl)c1.[I-]. The molecule has 0 amide bonds. The van der Waals surface area contributed by atoms with E-state index in [0.717, 1.165) is 11.3 Å². The highest BCUT2D eigenvalue weighted by molar-refractivity contribution is 7.19. The van der Waals surface area contributed by atoms with Gasteiger partial charge in [-0.3, -0.25) is 0 Å². The van der Waals surface area contributed by atoms with E-state index >= 15 is 0 Å². The molecule has 2 aromatic heterocycles. The van der Waals surface area contributed by atoms with E-state index in [9.17, 15) is 0 Å². The summed E-state index contributed by atoms with van der Waals surface area (Å²) in [5.41, 5.74) is 7.31. The van der Waals surface area contributed by atoms with Crippen LogP contribution >= 0.6 is 22.9 Å². The minimum absolute atomic E-state index is 0. The third-order valence-corrected chi connectivity index (χ3v) is 2.90. The van der Waals surface area contributed by atoms with Crippen molar-refractivity contribution in [2.75, 3.05) is 5.73 Å². The van der Waals surface area contributed by atoms with E-state index < -0.39 is 0 Å². The maximum Gasteiger partial charge on any atom is 0.182 e. The average molecular weight is 354 g/mol. The van der Waals surface area contributed by atoms with Crippen LogP contribution in [-0.4, -0.2) is 4.98 Å². The molecule has 0 saturated carbocycles. The number of halogens is 2. The van der Waals surface area contributed by atoms with Gasteiger partial charge in [-0.1, -0.05) is 22.9 Å². The van der Waals surface area contributed by atoms with Crippen LogP contribution in [0.4, 0.5) is 5.13 Å². The average Bonchev–Trinajstić information content (AvgIpc) is 2.45. The lowest BCUT2D eigenvalue weighted by Crippen LogP contribution is -3.00. The fourth-order valence-electron chi connectivity index (χ4n) is 1.22. The summed E-state index contributed by atoms with van der Waals surface area (Å²) < 4.78 is 2.58. The normalized spacial score (nSPS) is 9.73. The van der Waals surface area contributed by atoms with Gasteiger partial charge in [-0.25, -0.2) is 9.55 Å². The Bertz CT molecular complexity index is 472. The minimum atomic E-state index is 0. The van der Waals surface area contributed by atoms with Crippen LogP contribution in [0.5, 0.6) is 0 Å². The number of rotatable bonds is 1. The molecule has 0 unspecified atom stereocenters. The number of nitrogens with zero attached hydrogens (tertiary/aromatic N) is 2. The van der Waals surface area contributed by atoms with Gasteiger partial charge in [-0.05, 0) is 6.07 Å². The molecule has 0 bridgehead atoms. The predicted octanol–water partition coefficient (Wildman–Crippen LogP) is -1.13. The number of aromatic nitrogens is 2. The zero-order chi connectivity index (χ0) is 10.1. The second-order valence-corrected chi connectivity index (χ2v) is 4.57. The van der Waals surface area contributed by atoms with Crippen molar-refractivity contribution in [3.63, 3.8) is 0 Å². The van der Waals surface area contributed by atoms with Crippen molar-refractivity contribution in [1.82, 2.24) is 4.98 Å². The number of thiazole rings is 1. The van der Waals surface area contributed by atoms with Gasteiger partial charge in [0, 0.05) is 6.07 Å². The lowest BCUT2D eigenvalue weighted by Gasteiger charge is -1.94. The van der Waals surface area contributed by atoms with Gasteiger partial charge in [0.1, 0.15) is 17.1 Å². The van der Waals surface area contributed by atoms with Gasteiger partial charge in [-0.2, -0.15) is 0 Å². The summed E-state index contributed by atoms with van der Waals surface area (Å²) in [6, 6.07) is 3.90. The third-order valence-electron chi connectivity index (χ3n) is 1.82. The first-order valence-corrected chi connectivity index (χ1v) is 5.24. The molecule has 0 aliphatic rings. The summed E-state index contributed by atoms with van der Waals surface area (Å²) in [7, 11) is 1.95. The highest BCUT2D eigenvalue weighted by Crippen LogP contribution is 2.32. The van der Waals surface area contributed by atoms with Crippen molar-refractivity contribution in [3.8, 4) is 11.3 Å². The van der Waals surface area contributed by atoms with Gasteiger partial charge in [0.25, 0.3) is 0 Å². The zero-order valence-corrected chi connectivity index (χ0v) is 11.7. The Morgan fingerprint density at radius 2 is 2.27 bits per heavy atom. The zero-order valence-electron chi connectivity index (χ0n) is 7.95. The highest BCUT2D eigenvalue weighted by Gasteiger charge is 2.11. The van der Waals surface area contributed by atoms with E-state index in [-0.39, 0.29) is 24.0 Å². The molecule has 0 spiro atoms. The van der Waals surface area contributed by atoms with E-state index in [1.807, 2.05) is 36.1 Å². The fraction of sp³-hybridized carbons (Fsp3) is 0.111. The molecule has 0 aliphatic heterocycles. The smallest absolute Gasteiger partial charge is 0.182 e. The molecule has 2 aromatic rings. The maximum absolute atomic E-state index is 6.00. The molecule has 2 N–H and O–H groups in total. The van der Waals surface area contributed by atoms with Crippen LogP contribution in [0.25, 0.3) is 11.3 Å². The summed E-state index contributed by atoms with van der Waals surface area (Å²) in [6.45, 7) is 0. The molecule has 0 fully saturated rings. The van der Waals surface area contributed by atoms with E-state index in [4.69, 9.17) is 17.3 Å². The maximum atomic E-state index is 6.00. The molecule has 0 atom stereocenters. The molecule has 0 aromatic carbocycles. The summed E-state index contributed by atoms with van der Waals surface area (Å²) in [5.74, 6) is 0. The Hall–Kier alpha value is -0.400. The summed E-state index contributed by atoms with van der Waals surface area (Å²) in [6.07, 6.45) is 3.91. The van der Waals surface area contributed by atoms with Crippen LogP contribution in [0.15, 0.2) is 24.5 Å². The third kappa shape index (κ3) is 2.79. The molecule has 2 rings (SSSR count). The number of pyridine rings is 1. The number of hydrogen-bond acceptors (Lipinski definition) is 3. The van der Waals surface area contributed by atoms with Gasteiger partial charge in [0.05, 0.1) is 5.56 Å². The number of nitrogen functional groups attached to an aromatic ring is 1. The molecule has 80 valence electrons. The standard InChI is InChI=1S/C9H9ClN3S.HI/c1-13-4-2-3-6(5-13)7-8(10)14-9(11)12-7;/h2-5H,1H3,(H2,11,12);1H/q+1;/p-1. The molecule has 6 heteroatoms. The van der Waals surface area contributed by atoms with Crippen LogP contribution in [0.3, 0.4) is 0 Å². The molecule has 3 nitrogen and oxygen atoms in total. The first-order chi connectivity index (χ1) is 6.66. The Balaban J connectivity index is 0.00000112. The lowest BCUT2D eigenvalue weighted by atomic mass is 10.2. The van der Waals surface area contributed by atoms with Gasteiger partial charge in [-0.15, -0.1) is 0 Å². The number of hydrogen-bond donors (Lipinski definition) is 1. The van der Waals surface area contributed by atoms with E-state index in [0.29, 0.717) is 9.47 Å². The van der Waals surface area contributed by atoms with Crippen molar-refractivity contribution in [3.05, 3.63) is 28.9 Å². The van der Waals surface area contributed by atoms with Gasteiger partial charge >= 0.3 is 0 Å². The van der Waals surface area contributed by atoms with Crippen LogP contribution in [0, 0.1) is 0 Å². The summed E-state index contributed by atoms with van der Waals surface area (Å²) >= 11 is 7.29. The first-order valence-electron chi connectivity index (χ1n) is 4.04. The van der Waals surface area contributed by atoms with E-state index in [1.54, 1.807) is 0 Å². The van der Waals surface area contributed by atoms with E-state index in [1.165, 1.54) is 11.3 Å². The molecular formula is C9H9ClIN3S.